The zero-order valence-electron chi connectivity index (χ0n) is 12.7. The van der Waals surface area contributed by atoms with Crippen LogP contribution < -0.4 is 0 Å². The highest BCUT2D eigenvalue weighted by Crippen LogP contribution is 2.38. The Bertz CT molecular complexity index is 752. The van der Waals surface area contributed by atoms with Gasteiger partial charge in [-0.2, -0.15) is 0 Å². The summed E-state index contributed by atoms with van der Waals surface area (Å²) in [6, 6.07) is 6.59. The molecule has 2 amide bonds. The normalized spacial score (nSPS) is 22.6. The molecule has 1 spiro atoms. The lowest BCUT2D eigenvalue weighted by atomic mass is 10.0. The van der Waals surface area contributed by atoms with Gasteiger partial charge in [-0.3, -0.25) is 9.59 Å². The van der Waals surface area contributed by atoms with Crippen molar-refractivity contribution in [3.05, 3.63) is 34.9 Å². The van der Waals surface area contributed by atoms with Gasteiger partial charge in [0.2, 0.25) is 5.91 Å². The Morgan fingerprint density at radius 1 is 1.17 bits per heavy atom. The van der Waals surface area contributed by atoms with E-state index >= 15 is 0 Å². The van der Waals surface area contributed by atoms with Crippen molar-refractivity contribution in [3.8, 4) is 0 Å². The fourth-order valence-corrected chi connectivity index (χ4v) is 5.55. The van der Waals surface area contributed by atoms with Gasteiger partial charge in [-0.1, -0.05) is 11.6 Å². The Labute approximate surface area is 139 Å². The maximum atomic E-state index is 12.5. The zero-order chi connectivity index (χ0) is 16.8. The SMILES string of the molecule is CN1C(=O)CS(=O)(=O)C12CCN(C(=O)c1ccc(Cl)cc1)CC2. The molecule has 6 nitrogen and oxygen atoms in total. The van der Waals surface area contributed by atoms with Crippen molar-refractivity contribution in [2.45, 2.75) is 17.7 Å². The monoisotopic (exact) mass is 356 g/mol. The van der Waals surface area contributed by atoms with Crippen LogP contribution in [0.3, 0.4) is 0 Å². The fourth-order valence-electron chi connectivity index (χ4n) is 3.31. The Kier molecular flexibility index (Phi) is 3.88. The highest BCUT2D eigenvalue weighted by Gasteiger charge is 2.57. The van der Waals surface area contributed by atoms with Crippen LogP contribution in [0.15, 0.2) is 24.3 Å². The topological polar surface area (TPSA) is 74.8 Å². The predicted molar refractivity (Wildman–Crippen MR) is 85.9 cm³/mol. The van der Waals surface area contributed by atoms with E-state index in [1.807, 2.05) is 0 Å². The number of rotatable bonds is 1. The number of hydrogen-bond donors (Lipinski definition) is 0. The van der Waals surface area contributed by atoms with Crippen LogP contribution in [-0.2, 0) is 14.6 Å². The molecule has 0 bridgehead atoms. The van der Waals surface area contributed by atoms with E-state index in [0.717, 1.165) is 0 Å². The van der Waals surface area contributed by atoms with Crippen molar-refractivity contribution in [1.29, 1.82) is 0 Å². The lowest BCUT2D eigenvalue weighted by Gasteiger charge is -2.41. The lowest BCUT2D eigenvalue weighted by molar-refractivity contribution is -0.129. The van der Waals surface area contributed by atoms with Gasteiger partial charge in [-0.05, 0) is 24.3 Å². The van der Waals surface area contributed by atoms with Crippen molar-refractivity contribution < 1.29 is 18.0 Å². The van der Waals surface area contributed by atoms with Gasteiger partial charge in [0.1, 0.15) is 10.6 Å². The van der Waals surface area contributed by atoms with E-state index in [1.54, 1.807) is 29.2 Å². The molecule has 8 heteroatoms. The highest BCUT2D eigenvalue weighted by atomic mass is 35.5. The number of hydrogen-bond acceptors (Lipinski definition) is 4. The van der Waals surface area contributed by atoms with Crippen LogP contribution >= 0.6 is 11.6 Å². The number of sulfone groups is 1. The summed E-state index contributed by atoms with van der Waals surface area (Å²) in [5, 5.41) is 0.552. The largest absolute Gasteiger partial charge is 0.338 e. The van der Waals surface area contributed by atoms with Gasteiger partial charge < -0.3 is 9.80 Å². The molecule has 2 fully saturated rings. The van der Waals surface area contributed by atoms with Gasteiger partial charge in [0.25, 0.3) is 5.91 Å². The summed E-state index contributed by atoms with van der Waals surface area (Å²) in [6.45, 7) is 0.608. The van der Waals surface area contributed by atoms with Gasteiger partial charge in [0.05, 0.1) is 0 Å². The first-order valence-corrected chi connectivity index (χ1v) is 9.34. The number of carbonyl (C=O) groups is 2. The molecule has 2 saturated heterocycles. The Morgan fingerprint density at radius 2 is 1.74 bits per heavy atom. The van der Waals surface area contributed by atoms with E-state index < -0.39 is 20.5 Å². The smallest absolute Gasteiger partial charge is 0.253 e. The van der Waals surface area contributed by atoms with E-state index in [-0.39, 0.29) is 24.7 Å². The molecule has 2 aliphatic heterocycles. The Balaban J connectivity index is 1.77. The van der Waals surface area contributed by atoms with Crippen LogP contribution in [0, 0.1) is 0 Å². The second-order valence-electron chi connectivity index (χ2n) is 5.96. The van der Waals surface area contributed by atoms with Gasteiger partial charge in [0.15, 0.2) is 9.84 Å². The van der Waals surface area contributed by atoms with Crippen LogP contribution in [0.2, 0.25) is 5.02 Å². The summed E-state index contributed by atoms with van der Waals surface area (Å²) in [6.07, 6.45) is 0.494. The molecule has 0 aromatic heterocycles. The highest BCUT2D eigenvalue weighted by molar-refractivity contribution is 7.93. The molecule has 0 radical (unpaired) electrons. The summed E-state index contributed by atoms with van der Waals surface area (Å²) < 4.78 is 24.7. The molecule has 0 atom stereocenters. The van der Waals surface area contributed by atoms with Crippen LogP contribution in [0.25, 0.3) is 0 Å². The zero-order valence-corrected chi connectivity index (χ0v) is 14.2. The van der Waals surface area contributed by atoms with Gasteiger partial charge >= 0.3 is 0 Å². The first-order valence-electron chi connectivity index (χ1n) is 7.31. The Morgan fingerprint density at radius 3 is 2.22 bits per heavy atom. The molecule has 23 heavy (non-hydrogen) atoms. The first kappa shape index (κ1) is 16.3. The molecule has 0 saturated carbocycles. The minimum absolute atomic E-state index is 0.152. The number of nitrogens with zero attached hydrogens (tertiary/aromatic N) is 2. The minimum Gasteiger partial charge on any atom is -0.338 e. The van der Waals surface area contributed by atoms with Crippen molar-refractivity contribution in [1.82, 2.24) is 9.80 Å². The molecule has 2 aliphatic rings. The van der Waals surface area contributed by atoms with E-state index in [9.17, 15) is 18.0 Å². The maximum absolute atomic E-state index is 12.5. The van der Waals surface area contributed by atoms with Crippen molar-refractivity contribution >= 4 is 33.3 Å². The molecule has 2 heterocycles. The second-order valence-corrected chi connectivity index (χ2v) is 8.67. The summed E-state index contributed by atoms with van der Waals surface area (Å²) in [7, 11) is -1.98. The summed E-state index contributed by atoms with van der Waals surface area (Å²) in [5.41, 5.74) is 0.518. The molecule has 1 aromatic carbocycles. The van der Waals surface area contributed by atoms with E-state index in [2.05, 4.69) is 0 Å². The second kappa shape index (κ2) is 5.49. The summed E-state index contributed by atoms with van der Waals surface area (Å²) in [5.74, 6) is -0.961. The number of halogens is 1. The van der Waals surface area contributed by atoms with E-state index in [4.69, 9.17) is 11.6 Å². The molecule has 1 aromatic rings. The van der Waals surface area contributed by atoms with Crippen molar-refractivity contribution in [2.75, 3.05) is 25.9 Å². The summed E-state index contributed by atoms with van der Waals surface area (Å²) in [4.78, 5) is 26.1. The van der Waals surface area contributed by atoms with Gasteiger partial charge in [-0.15, -0.1) is 0 Å². The average Bonchev–Trinajstić information content (AvgIpc) is 2.68. The third-order valence-corrected chi connectivity index (χ3v) is 7.52. The van der Waals surface area contributed by atoms with Crippen molar-refractivity contribution in [3.63, 3.8) is 0 Å². The van der Waals surface area contributed by atoms with Gasteiger partial charge in [-0.25, -0.2) is 8.42 Å². The third kappa shape index (κ3) is 2.52. The quantitative estimate of drug-likeness (QED) is 0.756. The molecule has 0 N–H and O–H groups in total. The van der Waals surface area contributed by atoms with Crippen LogP contribution in [0.1, 0.15) is 23.2 Å². The Hall–Kier alpha value is -1.60. The van der Waals surface area contributed by atoms with Gasteiger partial charge in [0, 0.05) is 43.6 Å². The number of carbonyl (C=O) groups excluding carboxylic acids is 2. The number of benzene rings is 1. The third-order valence-electron chi connectivity index (χ3n) is 4.80. The number of amides is 2. The number of likely N-dealkylation sites (tertiary alicyclic amines) is 1. The standard InChI is InChI=1S/C15H17ClN2O4S/c1-17-13(19)10-23(21,22)15(17)6-8-18(9-7-15)14(20)11-2-4-12(16)5-3-11/h2-5H,6-10H2,1H3. The van der Waals surface area contributed by atoms with Crippen LogP contribution in [-0.4, -0.2) is 60.8 Å². The van der Waals surface area contributed by atoms with E-state index in [0.29, 0.717) is 23.7 Å². The number of piperidine rings is 1. The predicted octanol–water partition coefficient (Wildman–Crippen LogP) is 1.16. The van der Waals surface area contributed by atoms with Crippen LogP contribution in [0.4, 0.5) is 0 Å². The lowest BCUT2D eigenvalue weighted by Crippen LogP contribution is -2.55. The molecule has 0 unspecified atom stereocenters. The molecular weight excluding hydrogens is 340 g/mol. The molecule has 3 rings (SSSR count). The first-order chi connectivity index (χ1) is 10.8. The molecule has 124 valence electrons. The fraction of sp³-hybridized carbons (Fsp3) is 0.467. The maximum Gasteiger partial charge on any atom is 0.253 e. The van der Waals surface area contributed by atoms with Crippen molar-refractivity contribution in [2.24, 2.45) is 0 Å². The molecular formula is C15H17ClN2O4S. The average molecular weight is 357 g/mol. The van der Waals surface area contributed by atoms with Crippen LogP contribution in [0.5, 0.6) is 0 Å². The minimum atomic E-state index is -3.51. The summed E-state index contributed by atoms with van der Waals surface area (Å²) >= 11 is 5.82. The van der Waals surface area contributed by atoms with E-state index in [1.165, 1.54) is 11.9 Å². The molecule has 0 aliphatic carbocycles.